The first-order chi connectivity index (χ1) is 4.06. The zero-order valence-corrected chi connectivity index (χ0v) is 5.99. The summed E-state index contributed by atoms with van der Waals surface area (Å²) in [5, 5.41) is 0. The van der Waals surface area contributed by atoms with E-state index >= 15 is 0 Å². The van der Waals surface area contributed by atoms with E-state index in [1.165, 1.54) is 6.08 Å². The SMILES string of the molecule is NC/C=C/C[Si](O)(O)O. The van der Waals surface area contributed by atoms with E-state index in [4.69, 9.17) is 20.1 Å². The smallest absolute Gasteiger partial charge is 0.390 e. The number of hydrogen-bond donors (Lipinski definition) is 4. The minimum atomic E-state index is -3.84. The van der Waals surface area contributed by atoms with Crippen LogP contribution in [0, 0.1) is 0 Å². The van der Waals surface area contributed by atoms with Crippen molar-refractivity contribution in [1.82, 2.24) is 0 Å². The Morgan fingerprint density at radius 1 is 1.22 bits per heavy atom. The van der Waals surface area contributed by atoms with Crippen LogP contribution in [0.2, 0.25) is 6.04 Å². The number of hydrogen-bond acceptors (Lipinski definition) is 4. The van der Waals surface area contributed by atoms with Gasteiger partial charge in [-0.2, -0.15) is 0 Å². The minimum Gasteiger partial charge on any atom is -0.390 e. The van der Waals surface area contributed by atoms with Gasteiger partial charge in [0.15, 0.2) is 0 Å². The van der Waals surface area contributed by atoms with Crippen LogP contribution in [0.3, 0.4) is 0 Å². The van der Waals surface area contributed by atoms with Gasteiger partial charge in [0, 0.05) is 12.6 Å². The molecule has 0 amide bonds. The molecule has 0 aromatic heterocycles. The summed E-state index contributed by atoms with van der Waals surface area (Å²) in [4.78, 5) is 25.2. The Kier molecular flexibility index (Phi) is 3.67. The Balaban J connectivity index is 3.38. The van der Waals surface area contributed by atoms with Crippen LogP contribution < -0.4 is 5.73 Å². The van der Waals surface area contributed by atoms with Crippen molar-refractivity contribution in [3.63, 3.8) is 0 Å². The molecule has 0 aromatic carbocycles. The average Bonchev–Trinajstić information content (AvgIpc) is 1.63. The van der Waals surface area contributed by atoms with E-state index in [0.29, 0.717) is 6.54 Å². The van der Waals surface area contributed by atoms with Crippen LogP contribution in [-0.4, -0.2) is 29.7 Å². The third-order valence-corrected chi connectivity index (χ3v) is 1.48. The zero-order chi connectivity index (χ0) is 7.33. The molecule has 0 saturated heterocycles. The van der Waals surface area contributed by atoms with E-state index in [-0.39, 0.29) is 6.04 Å². The van der Waals surface area contributed by atoms with Crippen molar-refractivity contribution in [2.75, 3.05) is 6.54 Å². The molecule has 0 aromatic rings. The summed E-state index contributed by atoms with van der Waals surface area (Å²) >= 11 is 0. The summed E-state index contributed by atoms with van der Waals surface area (Å²) in [6, 6.07) is -0.0792. The van der Waals surface area contributed by atoms with Gasteiger partial charge in [0.05, 0.1) is 0 Å². The quantitative estimate of drug-likeness (QED) is 0.288. The molecule has 0 saturated carbocycles. The van der Waals surface area contributed by atoms with Gasteiger partial charge in [0.25, 0.3) is 0 Å². The highest BCUT2D eigenvalue weighted by Gasteiger charge is 2.23. The number of allylic oxidation sites excluding steroid dienone is 1. The Morgan fingerprint density at radius 2 is 1.78 bits per heavy atom. The summed E-state index contributed by atoms with van der Waals surface area (Å²) in [6.45, 7) is 0.352. The Labute approximate surface area is 54.6 Å². The monoisotopic (exact) mass is 149 g/mol. The fraction of sp³-hybridized carbons (Fsp3) is 0.500. The van der Waals surface area contributed by atoms with E-state index < -0.39 is 8.80 Å². The molecule has 0 unspecified atom stereocenters. The Bertz CT molecular complexity index is 98.5. The largest absolute Gasteiger partial charge is 0.496 e. The molecule has 54 valence electrons. The highest BCUT2D eigenvalue weighted by atomic mass is 28.4. The molecule has 0 aliphatic heterocycles. The fourth-order valence-electron chi connectivity index (χ4n) is 0.338. The molecule has 0 aliphatic carbocycles. The van der Waals surface area contributed by atoms with Gasteiger partial charge < -0.3 is 20.1 Å². The highest BCUT2D eigenvalue weighted by Crippen LogP contribution is 1.95. The molecule has 4 nitrogen and oxygen atoms in total. The van der Waals surface area contributed by atoms with E-state index in [0.717, 1.165) is 0 Å². The maximum absolute atomic E-state index is 8.40. The molecule has 9 heavy (non-hydrogen) atoms. The first kappa shape index (κ1) is 8.80. The molecular formula is C4H11NO3Si. The van der Waals surface area contributed by atoms with Crippen molar-refractivity contribution in [1.29, 1.82) is 0 Å². The standard InChI is InChI=1S/C4H11NO3Si/c5-3-1-2-4-9(6,7)8/h1-2,6-8H,3-5H2/b2-1+. The van der Waals surface area contributed by atoms with Crippen LogP contribution in [0.4, 0.5) is 0 Å². The van der Waals surface area contributed by atoms with Crippen LogP contribution in [0.25, 0.3) is 0 Å². The highest BCUT2D eigenvalue weighted by molar-refractivity contribution is 6.56. The van der Waals surface area contributed by atoms with Crippen molar-refractivity contribution < 1.29 is 14.4 Å². The lowest BCUT2D eigenvalue weighted by atomic mass is 10.5. The molecule has 0 atom stereocenters. The molecule has 5 heteroatoms. The molecule has 0 bridgehead atoms. The molecule has 0 aliphatic rings. The van der Waals surface area contributed by atoms with Gasteiger partial charge in [-0.3, -0.25) is 0 Å². The van der Waals surface area contributed by atoms with Crippen LogP contribution in [-0.2, 0) is 0 Å². The predicted octanol–water partition coefficient (Wildman–Crippen LogP) is -1.58. The molecule has 0 spiro atoms. The van der Waals surface area contributed by atoms with Crippen LogP contribution in [0.5, 0.6) is 0 Å². The summed E-state index contributed by atoms with van der Waals surface area (Å²) < 4.78 is 0. The van der Waals surface area contributed by atoms with Crippen molar-refractivity contribution in [2.45, 2.75) is 6.04 Å². The van der Waals surface area contributed by atoms with E-state index in [1.54, 1.807) is 6.08 Å². The molecule has 0 heterocycles. The maximum Gasteiger partial charge on any atom is 0.496 e. The first-order valence-corrected chi connectivity index (χ1v) is 4.63. The predicted molar refractivity (Wildman–Crippen MR) is 35.4 cm³/mol. The lowest BCUT2D eigenvalue weighted by Crippen LogP contribution is -2.33. The Hall–Kier alpha value is -0.203. The van der Waals surface area contributed by atoms with Crippen LogP contribution >= 0.6 is 0 Å². The zero-order valence-electron chi connectivity index (χ0n) is 4.99. The Morgan fingerprint density at radius 3 is 2.11 bits per heavy atom. The lowest BCUT2D eigenvalue weighted by molar-refractivity contribution is 0.233. The van der Waals surface area contributed by atoms with Crippen molar-refractivity contribution in [2.24, 2.45) is 5.73 Å². The van der Waals surface area contributed by atoms with Gasteiger partial charge in [-0.05, 0) is 0 Å². The van der Waals surface area contributed by atoms with Gasteiger partial charge >= 0.3 is 8.80 Å². The van der Waals surface area contributed by atoms with Gasteiger partial charge in [0.2, 0.25) is 0 Å². The lowest BCUT2D eigenvalue weighted by Gasteiger charge is -2.03. The molecule has 0 fully saturated rings. The second kappa shape index (κ2) is 3.75. The van der Waals surface area contributed by atoms with E-state index in [1.807, 2.05) is 0 Å². The second-order valence-electron chi connectivity index (χ2n) is 1.69. The maximum atomic E-state index is 8.40. The number of nitrogens with two attached hydrogens (primary N) is 1. The minimum absolute atomic E-state index is 0.0792. The van der Waals surface area contributed by atoms with Crippen LogP contribution in [0.1, 0.15) is 0 Å². The third kappa shape index (κ3) is 7.80. The summed E-state index contributed by atoms with van der Waals surface area (Å²) in [5.74, 6) is 0. The van der Waals surface area contributed by atoms with Gasteiger partial charge in [-0.1, -0.05) is 12.2 Å². The summed E-state index contributed by atoms with van der Waals surface area (Å²) in [6.07, 6.45) is 3.01. The first-order valence-electron chi connectivity index (χ1n) is 2.58. The fourth-order valence-corrected chi connectivity index (χ4v) is 0.821. The van der Waals surface area contributed by atoms with Gasteiger partial charge in [-0.15, -0.1) is 0 Å². The van der Waals surface area contributed by atoms with Crippen molar-refractivity contribution >= 4 is 8.80 Å². The molecule has 5 N–H and O–H groups in total. The average molecular weight is 149 g/mol. The van der Waals surface area contributed by atoms with E-state index in [2.05, 4.69) is 0 Å². The van der Waals surface area contributed by atoms with Crippen molar-refractivity contribution in [3.8, 4) is 0 Å². The number of rotatable bonds is 3. The normalized spacial score (nSPS) is 12.9. The second-order valence-corrected chi connectivity index (χ2v) is 3.64. The molecule has 0 rings (SSSR count). The van der Waals surface area contributed by atoms with Crippen LogP contribution in [0.15, 0.2) is 12.2 Å². The molecular weight excluding hydrogens is 138 g/mol. The molecule has 0 radical (unpaired) electrons. The van der Waals surface area contributed by atoms with Gasteiger partial charge in [0.1, 0.15) is 0 Å². The third-order valence-electron chi connectivity index (χ3n) is 0.694. The van der Waals surface area contributed by atoms with Gasteiger partial charge in [-0.25, -0.2) is 0 Å². The van der Waals surface area contributed by atoms with Crippen molar-refractivity contribution in [3.05, 3.63) is 12.2 Å². The summed E-state index contributed by atoms with van der Waals surface area (Å²) in [7, 11) is -3.84. The topological polar surface area (TPSA) is 86.7 Å². The van der Waals surface area contributed by atoms with E-state index in [9.17, 15) is 0 Å². The summed E-state index contributed by atoms with van der Waals surface area (Å²) in [5.41, 5.74) is 5.04.